The van der Waals surface area contributed by atoms with Crippen molar-refractivity contribution < 1.29 is 23.4 Å². The summed E-state index contributed by atoms with van der Waals surface area (Å²) in [5.41, 5.74) is 0. The molecule has 0 fully saturated rings. The number of hydrogen-bond acceptors (Lipinski definition) is 4. The monoisotopic (exact) mass is 643 g/mol. The van der Waals surface area contributed by atoms with Gasteiger partial charge in [0.2, 0.25) is 0 Å². The molecule has 0 aliphatic heterocycles. The smallest absolute Gasteiger partial charge is 0.0783 e. The lowest BCUT2D eigenvalue weighted by Crippen LogP contribution is -2.41. The summed E-state index contributed by atoms with van der Waals surface area (Å²) in [6.07, 6.45) is 34.5. The Kier molecular flexibility index (Phi) is 38.1. The number of rotatable bonds is 40. The number of nitrogens with zero attached hydrogens (tertiary/aromatic N) is 1. The first-order chi connectivity index (χ1) is 22.1. The summed E-state index contributed by atoms with van der Waals surface area (Å²) < 4.78 is 24.1. The second kappa shape index (κ2) is 38.2. The van der Waals surface area contributed by atoms with Gasteiger partial charge in [0, 0.05) is 52.9 Å². The number of hydrogen-bond donors (Lipinski definition) is 0. The summed E-state index contributed by atoms with van der Waals surface area (Å²) in [5, 5.41) is 0. The van der Waals surface area contributed by atoms with E-state index in [4.69, 9.17) is 18.9 Å². The van der Waals surface area contributed by atoms with Gasteiger partial charge in [0.25, 0.3) is 0 Å². The third kappa shape index (κ3) is 39.9. The molecule has 0 radical (unpaired) electrons. The van der Waals surface area contributed by atoms with Gasteiger partial charge in [0.05, 0.1) is 27.2 Å². The first kappa shape index (κ1) is 44.8. The minimum Gasteiger partial charge on any atom is -0.381 e. The first-order valence-electron chi connectivity index (χ1n) is 20.3. The van der Waals surface area contributed by atoms with E-state index in [0.717, 1.165) is 95.9 Å². The molecule has 0 aliphatic rings. The predicted molar refractivity (Wildman–Crippen MR) is 197 cm³/mol. The third-order valence-corrected chi connectivity index (χ3v) is 9.04. The Balaban J connectivity index is 3.24. The molecule has 272 valence electrons. The standard InChI is InChI=1S/C40H84NO4/c1-5-7-9-10-11-12-13-14-15-16-17-18-19-20-21-22-31-41(3,4)32-23-24-34-43-36-27-28-38-45-40-30-29-39-44-37-26-25-35-42-33-8-6-2/h5-40H2,1-4H3/q+1. The maximum Gasteiger partial charge on any atom is 0.0783 e. The van der Waals surface area contributed by atoms with Crippen molar-refractivity contribution in [3.05, 3.63) is 0 Å². The largest absolute Gasteiger partial charge is 0.381 e. The van der Waals surface area contributed by atoms with Gasteiger partial charge in [0.15, 0.2) is 0 Å². The van der Waals surface area contributed by atoms with Crippen LogP contribution in [-0.4, -0.2) is 84.5 Å². The van der Waals surface area contributed by atoms with E-state index in [-0.39, 0.29) is 0 Å². The maximum absolute atomic E-state index is 5.88. The molecular weight excluding hydrogens is 558 g/mol. The van der Waals surface area contributed by atoms with Gasteiger partial charge in [-0.25, -0.2) is 0 Å². The Hall–Kier alpha value is -0.200. The SMILES string of the molecule is CCCCCCCCCCCCCCCCCC[N+](C)(C)CCCCOCCCCOCCCCOCCCCOCCCC. The highest BCUT2D eigenvalue weighted by Gasteiger charge is 2.13. The van der Waals surface area contributed by atoms with Crippen LogP contribution in [0.25, 0.3) is 0 Å². The van der Waals surface area contributed by atoms with E-state index in [1.165, 1.54) is 142 Å². The highest BCUT2D eigenvalue weighted by Crippen LogP contribution is 2.14. The zero-order valence-electron chi connectivity index (χ0n) is 31.5. The molecule has 0 N–H and O–H groups in total. The fourth-order valence-electron chi connectivity index (χ4n) is 5.82. The molecule has 0 amide bonds. The molecule has 45 heavy (non-hydrogen) atoms. The highest BCUT2D eigenvalue weighted by molar-refractivity contribution is 4.51. The van der Waals surface area contributed by atoms with Gasteiger partial charge < -0.3 is 23.4 Å². The van der Waals surface area contributed by atoms with E-state index in [1.807, 2.05) is 0 Å². The fraction of sp³-hybridized carbons (Fsp3) is 1.00. The molecule has 0 aromatic carbocycles. The van der Waals surface area contributed by atoms with E-state index in [9.17, 15) is 0 Å². The van der Waals surface area contributed by atoms with Crippen LogP contribution >= 0.6 is 0 Å². The third-order valence-electron chi connectivity index (χ3n) is 9.04. The van der Waals surface area contributed by atoms with Gasteiger partial charge in [-0.2, -0.15) is 0 Å². The Morgan fingerprint density at radius 2 is 0.489 bits per heavy atom. The summed E-state index contributed by atoms with van der Waals surface area (Å²) in [6, 6.07) is 0. The molecule has 0 saturated heterocycles. The average molecular weight is 643 g/mol. The lowest BCUT2D eigenvalue weighted by Gasteiger charge is -2.30. The minimum absolute atomic E-state index is 0.850. The molecule has 0 unspecified atom stereocenters. The van der Waals surface area contributed by atoms with Crippen LogP contribution in [0.2, 0.25) is 0 Å². The van der Waals surface area contributed by atoms with Gasteiger partial charge in [0.1, 0.15) is 0 Å². The second-order valence-corrected chi connectivity index (χ2v) is 14.3. The van der Waals surface area contributed by atoms with Gasteiger partial charge in [-0.15, -0.1) is 0 Å². The first-order valence-corrected chi connectivity index (χ1v) is 20.3. The molecule has 0 heterocycles. The summed E-state index contributed by atoms with van der Waals surface area (Å²) in [5.74, 6) is 0. The van der Waals surface area contributed by atoms with E-state index in [1.54, 1.807) is 0 Å². The second-order valence-electron chi connectivity index (χ2n) is 14.3. The Morgan fingerprint density at radius 3 is 0.800 bits per heavy atom. The average Bonchev–Trinajstić information content (AvgIpc) is 3.03. The topological polar surface area (TPSA) is 36.9 Å². The number of unbranched alkanes of at least 4 members (excludes halogenated alkanes) is 20. The van der Waals surface area contributed by atoms with Crippen molar-refractivity contribution in [3.63, 3.8) is 0 Å². The Morgan fingerprint density at radius 1 is 0.267 bits per heavy atom. The van der Waals surface area contributed by atoms with Gasteiger partial charge >= 0.3 is 0 Å². The predicted octanol–water partition coefficient (Wildman–Crippen LogP) is 11.3. The molecular formula is C40H84NO4+. The summed E-state index contributed by atoms with van der Waals surface area (Å²) in [7, 11) is 4.82. The van der Waals surface area contributed by atoms with Crippen molar-refractivity contribution in [2.24, 2.45) is 0 Å². The Bertz CT molecular complexity index is 530. The van der Waals surface area contributed by atoms with Gasteiger partial charge in [-0.3, -0.25) is 0 Å². The van der Waals surface area contributed by atoms with E-state index in [2.05, 4.69) is 27.9 Å². The summed E-state index contributed by atoms with van der Waals surface area (Å²) in [4.78, 5) is 0. The minimum atomic E-state index is 0.850. The molecule has 0 bridgehead atoms. The van der Waals surface area contributed by atoms with Crippen molar-refractivity contribution in [2.75, 3.05) is 80.0 Å². The summed E-state index contributed by atoms with van der Waals surface area (Å²) in [6.45, 7) is 14.1. The van der Waals surface area contributed by atoms with Crippen molar-refractivity contribution in [1.29, 1.82) is 0 Å². The number of ether oxygens (including phenoxy) is 4. The van der Waals surface area contributed by atoms with Gasteiger partial charge in [-0.05, 0) is 70.6 Å². The van der Waals surface area contributed by atoms with Crippen LogP contribution in [0.1, 0.15) is 181 Å². The normalized spacial score (nSPS) is 12.0. The zero-order valence-corrected chi connectivity index (χ0v) is 31.5. The molecule has 0 saturated carbocycles. The molecule has 0 aromatic heterocycles. The fourth-order valence-corrected chi connectivity index (χ4v) is 5.82. The van der Waals surface area contributed by atoms with Crippen molar-refractivity contribution in [2.45, 2.75) is 181 Å². The molecule has 0 rings (SSSR count). The molecule has 0 atom stereocenters. The summed E-state index contributed by atoms with van der Waals surface area (Å²) >= 11 is 0. The van der Waals surface area contributed by atoms with Crippen LogP contribution in [0.3, 0.4) is 0 Å². The van der Waals surface area contributed by atoms with E-state index in [0.29, 0.717) is 0 Å². The van der Waals surface area contributed by atoms with Crippen molar-refractivity contribution >= 4 is 0 Å². The van der Waals surface area contributed by atoms with Crippen LogP contribution in [0.15, 0.2) is 0 Å². The van der Waals surface area contributed by atoms with E-state index >= 15 is 0 Å². The number of quaternary nitrogens is 1. The lowest BCUT2D eigenvalue weighted by molar-refractivity contribution is -0.890. The van der Waals surface area contributed by atoms with Gasteiger partial charge in [-0.1, -0.05) is 110 Å². The van der Waals surface area contributed by atoms with Crippen molar-refractivity contribution in [1.82, 2.24) is 0 Å². The molecule has 0 aliphatic carbocycles. The van der Waals surface area contributed by atoms with Crippen LogP contribution < -0.4 is 0 Å². The molecule has 0 spiro atoms. The highest BCUT2D eigenvalue weighted by atomic mass is 16.5. The maximum atomic E-state index is 5.88. The lowest BCUT2D eigenvalue weighted by atomic mass is 10.0. The van der Waals surface area contributed by atoms with Crippen LogP contribution in [0.5, 0.6) is 0 Å². The van der Waals surface area contributed by atoms with Crippen molar-refractivity contribution in [3.8, 4) is 0 Å². The molecule has 0 aromatic rings. The quantitative estimate of drug-likeness (QED) is 0.0492. The van der Waals surface area contributed by atoms with Crippen LogP contribution in [-0.2, 0) is 18.9 Å². The van der Waals surface area contributed by atoms with Crippen LogP contribution in [0, 0.1) is 0 Å². The zero-order chi connectivity index (χ0) is 32.8. The molecule has 5 heteroatoms. The molecule has 5 nitrogen and oxygen atoms in total. The van der Waals surface area contributed by atoms with E-state index < -0.39 is 0 Å². The van der Waals surface area contributed by atoms with Crippen LogP contribution in [0.4, 0.5) is 0 Å². The Labute approximate surface area is 283 Å².